The topological polar surface area (TPSA) is 66.0 Å². The number of aromatic nitrogens is 3. The van der Waals surface area contributed by atoms with Crippen LogP contribution in [0.5, 0.6) is 5.75 Å². The third kappa shape index (κ3) is 1.99. The molecule has 0 aliphatic rings. The molecule has 0 amide bonds. The van der Waals surface area contributed by atoms with E-state index in [0.717, 1.165) is 6.20 Å². The molecule has 2 rings (SSSR count). The monoisotopic (exact) mass is 236 g/mol. The van der Waals surface area contributed by atoms with E-state index in [4.69, 9.17) is 10.5 Å². The first kappa shape index (κ1) is 11.5. The summed E-state index contributed by atoms with van der Waals surface area (Å²) < 4.78 is 20.3. The third-order valence-corrected chi connectivity index (χ3v) is 2.60. The summed E-state index contributed by atoms with van der Waals surface area (Å²) in [7, 11) is 3.26. The van der Waals surface area contributed by atoms with Gasteiger partial charge in [-0.2, -0.15) is 5.10 Å². The average molecular weight is 236 g/mol. The molecule has 1 unspecified atom stereocenters. The van der Waals surface area contributed by atoms with Crippen molar-refractivity contribution in [3.8, 4) is 5.75 Å². The summed E-state index contributed by atoms with van der Waals surface area (Å²) in [6, 6.07) is 0.910. The summed E-state index contributed by atoms with van der Waals surface area (Å²) in [5.74, 6) is 0.0967. The smallest absolute Gasteiger partial charge is 0.161 e. The van der Waals surface area contributed by atoms with E-state index in [2.05, 4.69) is 10.1 Å². The maximum atomic E-state index is 13.6. The van der Waals surface area contributed by atoms with E-state index in [1.807, 2.05) is 0 Å². The lowest BCUT2D eigenvalue weighted by Gasteiger charge is -2.14. The molecule has 2 aromatic rings. The number of halogens is 1. The van der Waals surface area contributed by atoms with Gasteiger partial charge in [0.25, 0.3) is 0 Å². The summed E-state index contributed by atoms with van der Waals surface area (Å²) in [5, 5.41) is 4.04. The summed E-state index contributed by atoms with van der Waals surface area (Å²) in [5.41, 5.74) is 7.02. The van der Waals surface area contributed by atoms with E-state index >= 15 is 0 Å². The Morgan fingerprint density at radius 3 is 2.88 bits per heavy atom. The Bertz CT molecular complexity index is 526. The molecule has 0 fully saturated rings. The van der Waals surface area contributed by atoms with Crippen LogP contribution >= 0.6 is 0 Å². The lowest BCUT2D eigenvalue weighted by molar-refractivity contribution is 0.405. The molecule has 17 heavy (non-hydrogen) atoms. The van der Waals surface area contributed by atoms with Crippen molar-refractivity contribution in [2.75, 3.05) is 7.11 Å². The number of hydrogen-bond acceptors (Lipinski definition) is 4. The number of ether oxygens (including phenoxy) is 1. The second-order valence-corrected chi connectivity index (χ2v) is 3.60. The number of hydrogen-bond donors (Lipinski definition) is 1. The first-order valence-electron chi connectivity index (χ1n) is 5.06. The van der Waals surface area contributed by atoms with Gasteiger partial charge in [-0.1, -0.05) is 0 Å². The number of nitrogens with two attached hydrogens (primary N) is 1. The molecule has 2 aromatic heterocycles. The van der Waals surface area contributed by atoms with E-state index in [1.165, 1.54) is 13.3 Å². The molecule has 0 bridgehead atoms. The van der Waals surface area contributed by atoms with Crippen LogP contribution in [0.1, 0.15) is 17.3 Å². The molecular weight excluding hydrogens is 223 g/mol. The number of methoxy groups -OCH3 is 1. The van der Waals surface area contributed by atoms with Gasteiger partial charge in [0.15, 0.2) is 5.75 Å². The van der Waals surface area contributed by atoms with Gasteiger partial charge in [-0.25, -0.2) is 4.39 Å². The highest BCUT2D eigenvalue weighted by atomic mass is 19.1. The molecule has 5 nitrogen and oxygen atoms in total. The van der Waals surface area contributed by atoms with Crippen LogP contribution in [0.2, 0.25) is 0 Å². The maximum absolute atomic E-state index is 13.6. The molecule has 1 atom stereocenters. The maximum Gasteiger partial charge on any atom is 0.161 e. The van der Waals surface area contributed by atoms with Crippen LogP contribution in [0, 0.1) is 5.82 Å². The van der Waals surface area contributed by atoms with Gasteiger partial charge in [0.1, 0.15) is 11.5 Å². The second kappa shape index (κ2) is 4.50. The molecular formula is C11H13FN4O. The van der Waals surface area contributed by atoms with E-state index in [1.54, 1.807) is 24.0 Å². The fourth-order valence-corrected chi connectivity index (χ4v) is 1.72. The first-order chi connectivity index (χ1) is 8.15. The highest BCUT2D eigenvalue weighted by molar-refractivity contribution is 5.35. The quantitative estimate of drug-likeness (QED) is 0.863. The zero-order valence-corrected chi connectivity index (χ0v) is 9.59. The Labute approximate surface area is 98.0 Å². The Morgan fingerprint density at radius 2 is 2.24 bits per heavy atom. The predicted octanol–water partition coefficient (Wildman–Crippen LogP) is 1.01. The molecule has 0 saturated heterocycles. The molecule has 2 N–H and O–H groups in total. The van der Waals surface area contributed by atoms with Crippen LogP contribution in [0.25, 0.3) is 0 Å². The third-order valence-electron chi connectivity index (χ3n) is 2.60. The molecule has 0 aliphatic heterocycles. The van der Waals surface area contributed by atoms with Gasteiger partial charge in [0.05, 0.1) is 25.5 Å². The van der Waals surface area contributed by atoms with Crippen LogP contribution in [0.4, 0.5) is 4.39 Å². The summed E-state index contributed by atoms with van der Waals surface area (Å²) >= 11 is 0. The van der Waals surface area contributed by atoms with Crippen LogP contribution in [0.15, 0.2) is 24.7 Å². The Morgan fingerprint density at radius 1 is 1.47 bits per heavy atom. The fraction of sp³-hybridized carbons (Fsp3) is 0.273. The normalized spacial score (nSPS) is 12.5. The van der Waals surface area contributed by atoms with Gasteiger partial charge in [-0.15, -0.1) is 0 Å². The number of aryl methyl sites for hydroxylation is 1. The first-order valence-corrected chi connectivity index (χ1v) is 5.06. The number of nitrogens with zero attached hydrogens (tertiary/aromatic N) is 3. The SMILES string of the molecule is COc1cnn(C)c1C(N)c1ccncc1F. The number of pyridine rings is 1. The van der Waals surface area contributed by atoms with Gasteiger partial charge in [-0.3, -0.25) is 9.67 Å². The second-order valence-electron chi connectivity index (χ2n) is 3.60. The van der Waals surface area contributed by atoms with Crippen molar-refractivity contribution in [1.82, 2.24) is 14.8 Å². The molecule has 0 spiro atoms. The minimum absolute atomic E-state index is 0.363. The predicted molar refractivity (Wildman–Crippen MR) is 60.0 cm³/mol. The van der Waals surface area contributed by atoms with Crippen LogP contribution in [-0.2, 0) is 7.05 Å². The minimum Gasteiger partial charge on any atom is -0.493 e. The lowest BCUT2D eigenvalue weighted by atomic mass is 10.1. The molecule has 0 saturated carbocycles. The van der Waals surface area contributed by atoms with Gasteiger partial charge in [-0.05, 0) is 6.07 Å². The number of rotatable bonds is 3. The van der Waals surface area contributed by atoms with Gasteiger partial charge < -0.3 is 10.5 Å². The zero-order chi connectivity index (χ0) is 12.4. The Kier molecular flexibility index (Phi) is 3.06. The van der Waals surface area contributed by atoms with Crippen molar-refractivity contribution in [1.29, 1.82) is 0 Å². The van der Waals surface area contributed by atoms with Crippen LogP contribution in [-0.4, -0.2) is 21.9 Å². The van der Waals surface area contributed by atoms with E-state index in [9.17, 15) is 4.39 Å². The largest absolute Gasteiger partial charge is 0.493 e. The van der Waals surface area contributed by atoms with E-state index in [0.29, 0.717) is 17.0 Å². The molecule has 0 radical (unpaired) electrons. The van der Waals surface area contributed by atoms with Crippen molar-refractivity contribution in [3.05, 3.63) is 41.7 Å². The summed E-state index contributed by atoms with van der Waals surface area (Å²) in [6.45, 7) is 0. The van der Waals surface area contributed by atoms with Gasteiger partial charge in [0, 0.05) is 18.8 Å². The lowest BCUT2D eigenvalue weighted by Crippen LogP contribution is -2.18. The Balaban J connectivity index is 2.47. The molecule has 6 heteroatoms. The minimum atomic E-state index is -0.638. The Hall–Kier alpha value is -1.95. The standard InChI is InChI=1S/C11H13FN4O/c1-16-11(9(17-2)6-15-16)10(13)7-3-4-14-5-8(7)12/h3-6,10H,13H2,1-2H3. The molecule has 2 heterocycles. The van der Waals surface area contributed by atoms with Crippen molar-refractivity contribution in [3.63, 3.8) is 0 Å². The van der Waals surface area contributed by atoms with Crippen molar-refractivity contribution in [2.45, 2.75) is 6.04 Å². The van der Waals surface area contributed by atoms with Gasteiger partial charge >= 0.3 is 0 Å². The van der Waals surface area contributed by atoms with Crippen LogP contribution < -0.4 is 10.5 Å². The summed E-state index contributed by atoms with van der Waals surface area (Å²) in [4.78, 5) is 3.69. The summed E-state index contributed by atoms with van der Waals surface area (Å²) in [6.07, 6.45) is 4.19. The molecule has 0 aliphatic carbocycles. The molecule has 90 valence electrons. The molecule has 0 aromatic carbocycles. The van der Waals surface area contributed by atoms with E-state index < -0.39 is 11.9 Å². The van der Waals surface area contributed by atoms with Crippen LogP contribution in [0.3, 0.4) is 0 Å². The highest BCUT2D eigenvalue weighted by Gasteiger charge is 2.21. The fourth-order valence-electron chi connectivity index (χ4n) is 1.72. The average Bonchev–Trinajstić information content (AvgIpc) is 2.70. The van der Waals surface area contributed by atoms with Crippen molar-refractivity contribution in [2.24, 2.45) is 12.8 Å². The zero-order valence-electron chi connectivity index (χ0n) is 9.59. The van der Waals surface area contributed by atoms with Crippen molar-refractivity contribution >= 4 is 0 Å². The van der Waals surface area contributed by atoms with Crippen molar-refractivity contribution < 1.29 is 9.13 Å². The van der Waals surface area contributed by atoms with E-state index in [-0.39, 0.29) is 0 Å². The van der Waals surface area contributed by atoms with Gasteiger partial charge in [0.2, 0.25) is 0 Å². The highest BCUT2D eigenvalue weighted by Crippen LogP contribution is 2.28.